The minimum Gasteiger partial charge on any atom is -0.377 e. The fourth-order valence-electron chi connectivity index (χ4n) is 3.03. The molecule has 0 spiro atoms. The maximum absolute atomic E-state index is 6.05. The van der Waals surface area contributed by atoms with Crippen molar-refractivity contribution in [3.05, 3.63) is 12.7 Å². The predicted molar refractivity (Wildman–Crippen MR) is 108 cm³/mol. The highest BCUT2D eigenvalue weighted by Crippen LogP contribution is 2.01. The van der Waals surface area contributed by atoms with E-state index in [-0.39, 0.29) is 6.10 Å². The van der Waals surface area contributed by atoms with Gasteiger partial charge in [0.05, 0.1) is 33.0 Å². The van der Waals surface area contributed by atoms with Gasteiger partial charge in [-0.15, -0.1) is 6.58 Å². The average molecular weight is 372 g/mol. The van der Waals surface area contributed by atoms with Crippen LogP contribution in [0.3, 0.4) is 0 Å². The molecule has 1 aliphatic rings. The van der Waals surface area contributed by atoms with E-state index in [2.05, 4.69) is 42.0 Å². The largest absolute Gasteiger partial charge is 0.377 e. The minimum absolute atomic E-state index is 0.0130. The van der Waals surface area contributed by atoms with Crippen molar-refractivity contribution < 1.29 is 14.2 Å². The van der Waals surface area contributed by atoms with Gasteiger partial charge in [-0.1, -0.05) is 26.8 Å². The topological polar surface area (TPSA) is 37.4 Å². The molecule has 1 fully saturated rings. The van der Waals surface area contributed by atoms with E-state index < -0.39 is 0 Å². The molecule has 1 atom stereocenters. The lowest BCUT2D eigenvalue weighted by Crippen LogP contribution is -2.41. The summed E-state index contributed by atoms with van der Waals surface area (Å²) in [7, 11) is 0. The molecule has 0 aromatic carbocycles. The molecule has 0 bridgehead atoms. The van der Waals surface area contributed by atoms with E-state index in [9.17, 15) is 0 Å². The number of likely N-dealkylation sites (N-methyl/N-ethyl adjacent to an activating group) is 3. The molecule has 6 nitrogen and oxygen atoms in total. The van der Waals surface area contributed by atoms with Crippen LogP contribution in [-0.4, -0.2) is 113 Å². The summed E-state index contributed by atoms with van der Waals surface area (Å²) >= 11 is 0. The van der Waals surface area contributed by atoms with Gasteiger partial charge in [0.1, 0.15) is 6.10 Å². The van der Waals surface area contributed by atoms with Gasteiger partial charge in [-0.05, 0) is 19.6 Å². The Balaban J connectivity index is 2.59. The van der Waals surface area contributed by atoms with Crippen LogP contribution in [0.2, 0.25) is 0 Å². The Morgan fingerprint density at radius 3 is 1.96 bits per heavy atom. The first-order valence-corrected chi connectivity index (χ1v) is 10.3. The third-order valence-electron chi connectivity index (χ3n) is 4.96. The lowest BCUT2D eigenvalue weighted by molar-refractivity contribution is -0.0615. The molecule has 0 amide bonds. The molecule has 0 aromatic heterocycles. The summed E-state index contributed by atoms with van der Waals surface area (Å²) in [6.07, 6.45) is 1.76. The van der Waals surface area contributed by atoms with Crippen LogP contribution in [0.5, 0.6) is 0 Å². The van der Waals surface area contributed by atoms with Crippen molar-refractivity contribution in [3.63, 3.8) is 0 Å². The van der Waals surface area contributed by atoms with Crippen molar-refractivity contribution in [1.29, 1.82) is 0 Å². The minimum atomic E-state index is -0.0130. The number of nitrogens with zero attached hydrogens (tertiary/aromatic N) is 3. The molecule has 0 aromatic rings. The molecule has 1 aliphatic heterocycles. The van der Waals surface area contributed by atoms with Crippen LogP contribution in [0.15, 0.2) is 12.7 Å². The summed E-state index contributed by atoms with van der Waals surface area (Å²) in [5.41, 5.74) is 0. The second-order valence-corrected chi connectivity index (χ2v) is 6.70. The molecule has 0 N–H and O–H groups in total. The molecule has 0 radical (unpaired) electrons. The molecule has 1 heterocycles. The van der Waals surface area contributed by atoms with Crippen LogP contribution in [0.1, 0.15) is 20.8 Å². The van der Waals surface area contributed by atoms with E-state index in [1.54, 1.807) is 6.08 Å². The average Bonchev–Trinajstić information content (AvgIpc) is 2.67. The van der Waals surface area contributed by atoms with Gasteiger partial charge in [-0.2, -0.15) is 0 Å². The monoisotopic (exact) mass is 371 g/mol. The van der Waals surface area contributed by atoms with E-state index in [4.69, 9.17) is 14.2 Å². The third kappa shape index (κ3) is 10.6. The summed E-state index contributed by atoms with van der Waals surface area (Å²) < 4.78 is 17.5. The van der Waals surface area contributed by atoms with Crippen LogP contribution < -0.4 is 0 Å². The van der Waals surface area contributed by atoms with E-state index in [0.29, 0.717) is 26.4 Å². The number of hydrogen-bond donors (Lipinski definition) is 0. The van der Waals surface area contributed by atoms with Crippen molar-refractivity contribution in [3.8, 4) is 0 Å². The normalized spacial score (nSPS) is 24.0. The van der Waals surface area contributed by atoms with Gasteiger partial charge in [0.2, 0.25) is 0 Å². The highest BCUT2D eigenvalue weighted by Gasteiger charge is 2.14. The second kappa shape index (κ2) is 15.5. The maximum atomic E-state index is 6.05. The zero-order valence-electron chi connectivity index (χ0n) is 17.3. The van der Waals surface area contributed by atoms with Gasteiger partial charge in [-0.3, -0.25) is 0 Å². The Morgan fingerprint density at radius 2 is 1.42 bits per heavy atom. The van der Waals surface area contributed by atoms with E-state index in [1.807, 2.05) is 0 Å². The van der Waals surface area contributed by atoms with Crippen molar-refractivity contribution in [2.45, 2.75) is 26.9 Å². The molecule has 26 heavy (non-hydrogen) atoms. The Labute approximate surface area is 161 Å². The Bertz CT molecular complexity index is 344. The number of ether oxygens (including phenoxy) is 3. The first kappa shape index (κ1) is 23.5. The molecular formula is C20H41N3O3. The highest BCUT2D eigenvalue weighted by atomic mass is 16.6. The van der Waals surface area contributed by atoms with Gasteiger partial charge >= 0.3 is 0 Å². The molecule has 1 saturated heterocycles. The van der Waals surface area contributed by atoms with E-state index >= 15 is 0 Å². The fourth-order valence-corrected chi connectivity index (χ4v) is 3.03. The van der Waals surface area contributed by atoms with Gasteiger partial charge in [0.15, 0.2) is 0 Å². The smallest absolute Gasteiger partial charge is 0.104 e. The summed E-state index contributed by atoms with van der Waals surface area (Å²) in [4.78, 5) is 7.46. The maximum Gasteiger partial charge on any atom is 0.104 e. The zero-order chi connectivity index (χ0) is 19.0. The lowest BCUT2D eigenvalue weighted by Gasteiger charge is -2.28. The molecule has 0 saturated carbocycles. The Morgan fingerprint density at radius 1 is 0.885 bits per heavy atom. The summed E-state index contributed by atoms with van der Waals surface area (Å²) in [5.74, 6) is 0. The molecule has 6 heteroatoms. The van der Waals surface area contributed by atoms with Gasteiger partial charge < -0.3 is 28.9 Å². The SMILES string of the molecule is C=CCOCC1COCCN(CC)CCN(CC)CCN(CC)CCO1. The quantitative estimate of drug-likeness (QED) is 0.500. The van der Waals surface area contributed by atoms with Crippen molar-refractivity contribution in [1.82, 2.24) is 14.7 Å². The standard InChI is InChI=1S/C20H41N3O3/c1-5-15-24-18-20-19-25-16-13-22(7-3)11-9-21(6-2)10-12-23(8-4)14-17-26-20/h5,20H,1,6-19H2,2-4H3. The van der Waals surface area contributed by atoms with Crippen LogP contribution in [0.4, 0.5) is 0 Å². The van der Waals surface area contributed by atoms with Crippen molar-refractivity contribution in [2.24, 2.45) is 0 Å². The summed E-state index contributed by atoms with van der Waals surface area (Å²) in [6, 6.07) is 0. The first-order chi connectivity index (χ1) is 12.7. The fraction of sp³-hybridized carbons (Fsp3) is 0.900. The van der Waals surface area contributed by atoms with Crippen molar-refractivity contribution >= 4 is 0 Å². The highest BCUT2D eigenvalue weighted by molar-refractivity contribution is 4.68. The number of hydrogen-bond acceptors (Lipinski definition) is 6. The number of rotatable bonds is 7. The summed E-state index contributed by atoms with van der Waals surface area (Å²) in [5, 5.41) is 0. The third-order valence-corrected chi connectivity index (χ3v) is 4.96. The molecule has 0 aliphatic carbocycles. The van der Waals surface area contributed by atoms with Gasteiger partial charge in [0.25, 0.3) is 0 Å². The van der Waals surface area contributed by atoms with Gasteiger partial charge in [-0.25, -0.2) is 0 Å². The first-order valence-electron chi connectivity index (χ1n) is 10.3. The second-order valence-electron chi connectivity index (χ2n) is 6.70. The van der Waals surface area contributed by atoms with E-state index in [1.165, 1.54) is 0 Å². The lowest BCUT2D eigenvalue weighted by atomic mass is 10.3. The van der Waals surface area contributed by atoms with Crippen LogP contribution in [0, 0.1) is 0 Å². The van der Waals surface area contributed by atoms with Crippen LogP contribution in [-0.2, 0) is 14.2 Å². The molecule has 1 unspecified atom stereocenters. The zero-order valence-corrected chi connectivity index (χ0v) is 17.3. The molecular weight excluding hydrogens is 330 g/mol. The predicted octanol–water partition coefficient (Wildman–Crippen LogP) is 1.57. The molecule has 154 valence electrons. The molecule has 1 rings (SSSR count). The summed E-state index contributed by atoms with van der Waals surface area (Å²) in [6.45, 7) is 23.1. The van der Waals surface area contributed by atoms with E-state index in [0.717, 1.165) is 65.5 Å². The Kier molecular flexibility index (Phi) is 14.1. The van der Waals surface area contributed by atoms with Crippen molar-refractivity contribution in [2.75, 3.05) is 91.9 Å². The Hall–Kier alpha value is -0.500. The van der Waals surface area contributed by atoms with Gasteiger partial charge in [0, 0.05) is 39.3 Å². The van der Waals surface area contributed by atoms with Crippen LogP contribution >= 0.6 is 0 Å². The van der Waals surface area contributed by atoms with Crippen LogP contribution in [0.25, 0.3) is 0 Å².